The van der Waals surface area contributed by atoms with E-state index in [4.69, 9.17) is 5.73 Å². The summed E-state index contributed by atoms with van der Waals surface area (Å²) in [6.45, 7) is 5.11. The van der Waals surface area contributed by atoms with Gasteiger partial charge in [0.05, 0.1) is 6.04 Å². The van der Waals surface area contributed by atoms with Gasteiger partial charge in [0.1, 0.15) is 0 Å². The molecule has 82 valence electrons. The Hall–Kier alpha value is -0.870. The maximum absolute atomic E-state index is 11.6. The predicted molar refractivity (Wildman–Crippen MR) is 59.0 cm³/mol. The first-order valence-electron chi connectivity index (χ1n) is 4.75. The summed E-state index contributed by atoms with van der Waals surface area (Å²) in [4.78, 5) is 15.3. The zero-order valence-electron chi connectivity index (χ0n) is 9.36. The lowest BCUT2D eigenvalue weighted by molar-refractivity contribution is -0.131. The lowest BCUT2D eigenvalue weighted by atomic mass is 10.2. The topological polar surface area (TPSA) is 49.6 Å². The van der Waals surface area contributed by atoms with Crippen molar-refractivity contribution in [3.63, 3.8) is 0 Å². The molecule has 0 heterocycles. The molecule has 0 saturated heterocycles. The van der Waals surface area contributed by atoms with Gasteiger partial charge in [0.2, 0.25) is 5.91 Å². The summed E-state index contributed by atoms with van der Waals surface area (Å²) in [5.74, 6) is -0.0215. The molecule has 0 aliphatic carbocycles. The molecule has 14 heavy (non-hydrogen) atoms. The number of rotatable bonds is 6. The Morgan fingerprint density at radius 1 is 1.43 bits per heavy atom. The number of nitrogens with zero attached hydrogens (tertiary/aromatic N) is 2. The molecule has 0 fully saturated rings. The molecule has 0 aromatic heterocycles. The van der Waals surface area contributed by atoms with Crippen molar-refractivity contribution in [2.24, 2.45) is 5.73 Å². The molecule has 1 amide bonds. The first kappa shape index (κ1) is 13.1. The minimum Gasteiger partial charge on any atom is -0.343 e. The van der Waals surface area contributed by atoms with Crippen LogP contribution in [0.1, 0.15) is 6.42 Å². The standard InChI is InChI=1S/C10H21N3O/c1-5-6-9(11)10(14)13(4)8-7-12(2)3/h5,9H,1,6-8,11H2,2-4H3. The van der Waals surface area contributed by atoms with Gasteiger partial charge in [-0.1, -0.05) is 6.08 Å². The number of amides is 1. The Morgan fingerprint density at radius 2 is 2.00 bits per heavy atom. The molecule has 1 atom stereocenters. The van der Waals surface area contributed by atoms with Crippen molar-refractivity contribution < 1.29 is 4.79 Å². The van der Waals surface area contributed by atoms with Crippen molar-refractivity contribution in [2.45, 2.75) is 12.5 Å². The molecule has 0 radical (unpaired) electrons. The van der Waals surface area contributed by atoms with Gasteiger partial charge in [0.25, 0.3) is 0 Å². The van der Waals surface area contributed by atoms with E-state index >= 15 is 0 Å². The summed E-state index contributed by atoms with van der Waals surface area (Å²) < 4.78 is 0. The van der Waals surface area contributed by atoms with E-state index in [9.17, 15) is 4.79 Å². The van der Waals surface area contributed by atoms with Crippen molar-refractivity contribution in [3.05, 3.63) is 12.7 Å². The molecule has 1 unspecified atom stereocenters. The second-order valence-corrected chi connectivity index (χ2v) is 3.69. The highest BCUT2D eigenvalue weighted by Crippen LogP contribution is 1.95. The molecule has 4 nitrogen and oxygen atoms in total. The van der Waals surface area contributed by atoms with E-state index in [1.807, 2.05) is 19.0 Å². The quantitative estimate of drug-likeness (QED) is 0.608. The monoisotopic (exact) mass is 199 g/mol. The van der Waals surface area contributed by atoms with Crippen LogP contribution >= 0.6 is 0 Å². The molecule has 4 heteroatoms. The van der Waals surface area contributed by atoms with Crippen molar-refractivity contribution in [1.82, 2.24) is 9.80 Å². The average molecular weight is 199 g/mol. The zero-order chi connectivity index (χ0) is 11.1. The first-order chi connectivity index (χ1) is 6.49. The van der Waals surface area contributed by atoms with Crippen LogP contribution in [0.5, 0.6) is 0 Å². The third kappa shape index (κ3) is 4.99. The number of hydrogen-bond acceptors (Lipinski definition) is 3. The lowest BCUT2D eigenvalue weighted by Gasteiger charge is -2.22. The van der Waals surface area contributed by atoms with Gasteiger partial charge >= 0.3 is 0 Å². The molecule has 0 bridgehead atoms. The second kappa shape index (κ2) is 6.56. The van der Waals surface area contributed by atoms with E-state index in [1.54, 1.807) is 18.0 Å². The summed E-state index contributed by atoms with van der Waals surface area (Å²) in [6, 6.07) is -0.445. The molecular weight excluding hydrogens is 178 g/mol. The fourth-order valence-corrected chi connectivity index (χ4v) is 1.02. The smallest absolute Gasteiger partial charge is 0.239 e. The van der Waals surface area contributed by atoms with Crippen molar-refractivity contribution in [1.29, 1.82) is 0 Å². The minimum absolute atomic E-state index is 0.0215. The Morgan fingerprint density at radius 3 is 2.43 bits per heavy atom. The summed E-state index contributed by atoms with van der Waals surface area (Å²) in [5.41, 5.74) is 5.66. The van der Waals surface area contributed by atoms with Crippen molar-refractivity contribution in [2.75, 3.05) is 34.2 Å². The third-order valence-corrected chi connectivity index (χ3v) is 2.00. The van der Waals surface area contributed by atoms with E-state index in [0.29, 0.717) is 13.0 Å². The molecule has 0 aromatic rings. The van der Waals surface area contributed by atoms with Crippen LogP contribution in [0.25, 0.3) is 0 Å². The lowest BCUT2D eigenvalue weighted by Crippen LogP contribution is -2.43. The van der Waals surface area contributed by atoms with Crippen molar-refractivity contribution >= 4 is 5.91 Å². The van der Waals surface area contributed by atoms with Crippen LogP contribution in [0.15, 0.2) is 12.7 Å². The van der Waals surface area contributed by atoms with Gasteiger partial charge in [0.15, 0.2) is 0 Å². The molecule has 0 rings (SSSR count). The second-order valence-electron chi connectivity index (χ2n) is 3.69. The molecular formula is C10H21N3O. The van der Waals surface area contributed by atoms with Crippen LogP contribution in [0, 0.1) is 0 Å². The molecule has 0 aromatic carbocycles. The summed E-state index contributed by atoms with van der Waals surface area (Å²) in [5, 5.41) is 0. The molecule has 0 spiro atoms. The number of likely N-dealkylation sites (N-methyl/N-ethyl adjacent to an activating group) is 2. The zero-order valence-corrected chi connectivity index (χ0v) is 9.36. The summed E-state index contributed by atoms with van der Waals surface area (Å²) in [7, 11) is 5.72. The Labute approximate surface area is 86.4 Å². The van der Waals surface area contributed by atoms with Gasteiger partial charge in [-0.25, -0.2) is 0 Å². The van der Waals surface area contributed by atoms with E-state index in [1.165, 1.54) is 0 Å². The highest BCUT2D eigenvalue weighted by molar-refractivity contribution is 5.81. The highest BCUT2D eigenvalue weighted by atomic mass is 16.2. The summed E-state index contributed by atoms with van der Waals surface area (Å²) in [6.07, 6.45) is 2.20. The maximum Gasteiger partial charge on any atom is 0.239 e. The molecule has 0 saturated carbocycles. The van der Waals surface area contributed by atoms with Crippen LogP contribution in [-0.4, -0.2) is 56.0 Å². The van der Waals surface area contributed by atoms with Gasteiger partial charge in [-0.05, 0) is 20.5 Å². The SMILES string of the molecule is C=CCC(N)C(=O)N(C)CCN(C)C. The van der Waals surface area contributed by atoms with E-state index in [-0.39, 0.29) is 5.91 Å². The fourth-order valence-electron chi connectivity index (χ4n) is 1.02. The van der Waals surface area contributed by atoms with E-state index in [2.05, 4.69) is 6.58 Å². The molecule has 0 aliphatic heterocycles. The van der Waals surface area contributed by atoms with Gasteiger partial charge in [-0.2, -0.15) is 0 Å². The van der Waals surface area contributed by atoms with Crippen LogP contribution in [0.4, 0.5) is 0 Å². The third-order valence-electron chi connectivity index (χ3n) is 2.00. The van der Waals surface area contributed by atoms with Gasteiger partial charge in [-0.3, -0.25) is 4.79 Å². The minimum atomic E-state index is -0.445. The Bertz CT molecular complexity index is 192. The number of carbonyl (C=O) groups is 1. The predicted octanol–water partition coefficient (Wildman–Crippen LogP) is -0.0902. The number of hydrogen-bond donors (Lipinski definition) is 1. The van der Waals surface area contributed by atoms with Gasteiger partial charge < -0.3 is 15.5 Å². The Kier molecular flexibility index (Phi) is 6.16. The van der Waals surface area contributed by atoms with Gasteiger partial charge in [0, 0.05) is 20.1 Å². The van der Waals surface area contributed by atoms with E-state index < -0.39 is 6.04 Å². The summed E-state index contributed by atoms with van der Waals surface area (Å²) >= 11 is 0. The maximum atomic E-state index is 11.6. The largest absolute Gasteiger partial charge is 0.343 e. The highest BCUT2D eigenvalue weighted by Gasteiger charge is 2.15. The van der Waals surface area contributed by atoms with Crippen LogP contribution in [-0.2, 0) is 4.79 Å². The molecule has 0 aliphatic rings. The van der Waals surface area contributed by atoms with Crippen LogP contribution in [0.3, 0.4) is 0 Å². The first-order valence-corrected chi connectivity index (χ1v) is 4.75. The number of carbonyl (C=O) groups excluding carboxylic acids is 1. The molecule has 2 N–H and O–H groups in total. The van der Waals surface area contributed by atoms with Gasteiger partial charge in [-0.15, -0.1) is 6.58 Å². The number of nitrogens with two attached hydrogens (primary N) is 1. The Balaban J connectivity index is 3.91. The van der Waals surface area contributed by atoms with Crippen LogP contribution in [0.2, 0.25) is 0 Å². The van der Waals surface area contributed by atoms with Crippen LogP contribution < -0.4 is 5.73 Å². The normalized spacial score (nSPS) is 12.6. The van der Waals surface area contributed by atoms with E-state index in [0.717, 1.165) is 6.54 Å². The fraction of sp³-hybridized carbons (Fsp3) is 0.700. The average Bonchev–Trinajstić information content (AvgIpc) is 2.13. The van der Waals surface area contributed by atoms with Crippen molar-refractivity contribution in [3.8, 4) is 0 Å².